The Balaban J connectivity index is 1.77. The normalized spacial score (nSPS) is 15.4. The largest absolute Gasteiger partial charge is 0.352 e. The van der Waals surface area contributed by atoms with Crippen LogP contribution in [0.2, 0.25) is 0 Å². The lowest BCUT2D eigenvalue weighted by atomic mass is 10.1. The van der Waals surface area contributed by atoms with Crippen molar-refractivity contribution in [2.45, 2.75) is 39.0 Å². The van der Waals surface area contributed by atoms with Crippen molar-refractivity contribution < 1.29 is 9.59 Å². The Kier molecular flexibility index (Phi) is 5.78. The molecule has 1 fully saturated rings. The van der Waals surface area contributed by atoms with E-state index < -0.39 is 0 Å². The van der Waals surface area contributed by atoms with Gasteiger partial charge in [0.05, 0.1) is 0 Å². The van der Waals surface area contributed by atoms with Gasteiger partial charge in [0, 0.05) is 31.6 Å². The van der Waals surface area contributed by atoms with Crippen LogP contribution < -0.4 is 5.32 Å². The lowest BCUT2D eigenvalue weighted by Gasteiger charge is -2.20. The predicted octanol–water partition coefficient (Wildman–Crippen LogP) is 2.52. The number of amides is 2. The van der Waals surface area contributed by atoms with Crippen LogP contribution in [0.4, 0.5) is 0 Å². The van der Waals surface area contributed by atoms with Crippen molar-refractivity contribution in [3.05, 3.63) is 35.4 Å². The fourth-order valence-electron chi connectivity index (χ4n) is 2.68. The molecular formula is C17H24N2O2. The highest BCUT2D eigenvalue weighted by Gasteiger charge is 2.15. The van der Waals surface area contributed by atoms with Crippen molar-refractivity contribution in [3.8, 4) is 0 Å². The maximum atomic E-state index is 12.1. The molecule has 0 atom stereocenters. The number of likely N-dealkylation sites (tertiary alicyclic amines) is 1. The fourth-order valence-corrected chi connectivity index (χ4v) is 2.68. The van der Waals surface area contributed by atoms with E-state index in [1.165, 1.54) is 12.8 Å². The van der Waals surface area contributed by atoms with Crippen molar-refractivity contribution in [3.63, 3.8) is 0 Å². The first-order chi connectivity index (χ1) is 10.2. The zero-order valence-corrected chi connectivity index (χ0v) is 12.7. The lowest BCUT2D eigenvalue weighted by Crippen LogP contribution is -2.35. The molecule has 0 spiro atoms. The third-order valence-electron chi connectivity index (χ3n) is 3.97. The Morgan fingerprint density at radius 2 is 1.76 bits per heavy atom. The fraction of sp³-hybridized carbons (Fsp3) is 0.529. The van der Waals surface area contributed by atoms with Crippen LogP contribution in [0.25, 0.3) is 0 Å². The van der Waals surface area contributed by atoms with Crippen LogP contribution in [0.5, 0.6) is 0 Å². The summed E-state index contributed by atoms with van der Waals surface area (Å²) in [7, 11) is 0. The summed E-state index contributed by atoms with van der Waals surface area (Å²) < 4.78 is 0. The maximum Gasteiger partial charge on any atom is 0.251 e. The molecule has 0 radical (unpaired) electrons. The molecular weight excluding hydrogens is 264 g/mol. The van der Waals surface area contributed by atoms with Gasteiger partial charge in [-0.25, -0.2) is 0 Å². The first-order valence-electron chi connectivity index (χ1n) is 7.80. The summed E-state index contributed by atoms with van der Waals surface area (Å²) in [6, 6.07) is 7.48. The summed E-state index contributed by atoms with van der Waals surface area (Å²) in [5.74, 6) is 0.0544. The van der Waals surface area contributed by atoms with Gasteiger partial charge in [-0.05, 0) is 31.4 Å². The summed E-state index contributed by atoms with van der Waals surface area (Å²) in [5, 5.41) is 2.84. The number of hydrogen-bond donors (Lipinski definition) is 1. The van der Waals surface area contributed by atoms with Gasteiger partial charge in [0.1, 0.15) is 0 Å². The van der Waals surface area contributed by atoms with Crippen LogP contribution in [-0.4, -0.2) is 36.3 Å². The van der Waals surface area contributed by atoms with Crippen molar-refractivity contribution in [2.75, 3.05) is 19.6 Å². The van der Waals surface area contributed by atoms with Gasteiger partial charge in [-0.15, -0.1) is 0 Å². The van der Waals surface area contributed by atoms with E-state index in [1.807, 2.05) is 30.0 Å². The first kappa shape index (κ1) is 15.5. The number of carbonyl (C=O) groups excluding carboxylic acids is 2. The van der Waals surface area contributed by atoms with Gasteiger partial charge in [0.2, 0.25) is 5.91 Å². The zero-order valence-electron chi connectivity index (χ0n) is 12.7. The molecule has 1 aliphatic heterocycles. The van der Waals surface area contributed by atoms with E-state index >= 15 is 0 Å². The average molecular weight is 288 g/mol. The number of aryl methyl sites for hydroxylation is 1. The van der Waals surface area contributed by atoms with E-state index in [2.05, 4.69) is 5.32 Å². The Morgan fingerprint density at radius 1 is 1.10 bits per heavy atom. The van der Waals surface area contributed by atoms with Crippen LogP contribution >= 0.6 is 0 Å². The number of rotatable bonds is 4. The van der Waals surface area contributed by atoms with Crippen LogP contribution in [0.1, 0.15) is 48.0 Å². The highest BCUT2D eigenvalue weighted by molar-refractivity contribution is 5.95. The van der Waals surface area contributed by atoms with Gasteiger partial charge >= 0.3 is 0 Å². The second-order valence-electron chi connectivity index (χ2n) is 5.62. The van der Waals surface area contributed by atoms with Crippen molar-refractivity contribution in [2.24, 2.45) is 0 Å². The molecule has 1 heterocycles. The number of carbonyl (C=O) groups is 2. The van der Waals surface area contributed by atoms with Crippen LogP contribution in [0.3, 0.4) is 0 Å². The molecule has 0 aliphatic carbocycles. The molecule has 1 aromatic carbocycles. The summed E-state index contributed by atoms with van der Waals surface area (Å²) in [6.45, 7) is 4.05. The Morgan fingerprint density at radius 3 is 2.43 bits per heavy atom. The highest BCUT2D eigenvalue weighted by atomic mass is 16.2. The van der Waals surface area contributed by atoms with Gasteiger partial charge in [-0.3, -0.25) is 9.59 Å². The van der Waals surface area contributed by atoms with Gasteiger partial charge < -0.3 is 10.2 Å². The minimum absolute atomic E-state index is 0.100. The van der Waals surface area contributed by atoms with Gasteiger partial charge in [-0.1, -0.05) is 31.0 Å². The Labute approximate surface area is 126 Å². The molecule has 0 bridgehead atoms. The SMILES string of the molecule is Cc1ccccc1C(=O)NCCC(=O)N1CCCCCC1. The molecule has 0 aromatic heterocycles. The topological polar surface area (TPSA) is 49.4 Å². The molecule has 114 valence electrons. The zero-order chi connectivity index (χ0) is 15.1. The molecule has 1 N–H and O–H groups in total. The smallest absolute Gasteiger partial charge is 0.251 e. The van der Waals surface area contributed by atoms with Crippen LogP contribution in [0.15, 0.2) is 24.3 Å². The van der Waals surface area contributed by atoms with Gasteiger partial charge in [0.25, 0.3) is 5.91 Å². The molecule has 4 nitrogen and oxygen atoms in total. The first-order valence-corrected chi connectivity index (χ1v) is 7.80. The monoisotopic (exact) mass is 288 g/mol. The van der Waals surface area contributed by atoms with E-state index in [0.717, 1.165) is 31.5 Å². The molecule has 1 aliphatic rings. The van der Waals surface area contributed by atoms with Crippen molar-refractivity contribution in [1.82, 2.24) is 10.2 Å². The van der Waals surface area contributed by atoms with Gasteiger partial charge in [0.15, 0.2) is 0 Å². The number of nitrogens with one attached hydrogen (secondary N) is 1. The number of hydrogen-bond acceptors (Lipinski definition) is 2. The lowest BCUT2D eigenvalue weighted by molar-refractivity contribution is -0.131. The molecule has 0 unspecified atom stereocenters. The van der Waals surface area contributed by atoms with E-state index in [9.17, 15) is 9.59 Å². The van der Waals surface area contributed by atoms with E-state index in [4.69, 9.17) is 0 Å². The second kappa shape index (κ2) is 7.81. The molecule has 1 saturated heterocycles. The third-order valence-corrected chi connectivity index (χ3v) is 3.97. The quantitative estimate of drug-likeness (QED) is 0.925. The van der Waals surface area contributed by atoms with Crippen molar-refractivity contribution >= 4 is 11.8 Å². The third kappa shape index (κ3) is 4.59. The van der Waals surface area contributed by atoms with Gasteiger partial charge in [-0.2, -0.15) is 0 Å². The minimum atomic E-state index is -0.100. The van der Waals surface area contributed by atoms with Crippen molar-refractivity contribution in [1.29, 1.82) is 0 Å². The molecule has 21 heavy (non-hydrogen) atoms. The maximum absolute atomic E-state index is 12.1. The molecule has 4 heteroatoms. The Hall–Kier alpha value is -1.84. The second-order valence-corrected chi connectivity index (χ2v) is 5.62. The molecule has 0 saturated carbocycles. The van der Waals surface area contributed by atoms with E-state index in [1.54, 1.807) is 6.07 Å². The molecule has 1 aromatic rings. The van der Waals surface area contributed by atoms with Crippen LogP contribution in [0, 0.1) is 6.92 Å². The minimum Gasteiger partial charge on any atom is -0.352 e. The summed E-state index contributed by atoms with van der Waals surface area (Å²) >= 11 is 0. The van der Waals surface area contributed by atoms with Crippen LogP contribution in [-0.2, 0) is 4.79 Å². The standard InChI is InChI=1S/C17H24N2O2/c1-14-8-4-5-9-15(14)17(21)18-11-10-16(20)19-12-6-2-3-7-13-19/h4-5,8-9H,2-3,6-7,10-13H2,1H3,(H,18,21). The number of benzene rings is 1. The molecule has 2 amide bonds. The Bertz CT molecular complexity index is 491. The van der Waals surface area contributed by atoms with E-state index in [0.29, 0.717) is 18.5 Å². The summed E-state index contributed by atoms with van der Waals surface area (Å²) in [4.78, 5) is 26.1. The molecule has 2 rings (SSSR count). The number of nitrogens with zero attached hydrogens (tertiary/aromatic N) is 1. The van der Waals surface area contributed by atoms with E-state index in [-0.39, 0.29) is 11.8 Å². The summed E-state index contributed by atoms with van der Waals surface area (Å²) in [6.07, 6.45) is 5.02. The predicted molar refractivity (Wildman–Crippen MR) is 83.2 cm³/mol. The highest BCUT2D eigenvalue weighted by Crippen LogP contribution is 2.10. The summed E-state index contributed by atoms with van der Waals surface area (Å²) in [5.41, 5.74) is 1.63. The average Bonchev–Trinajstić information content (AvgIpc) is 2.76.